The van der Waals surface area contributed by atoms with E-state index < -0.39 is 48.2 Å². The van der Waals surface area contributed by atoms with E-state index in [1.165, 1.54) is 7.11 Å². The monoisotopic (exact) mass is 544 g/mol. The Morgan fingerprint density at radius 3 is 2.54 bits per heavy atom. The third kappa shape index (κ3) is 8.03. The minimum atomic E-state index is -1.09. The molecule has 3 amide bonds. The zero-order chi connectivity index (χ0) is 28.5. The molecule has 1 aromatic heterocycles. The average Bonchev–Trinajstić information content (AvgIpc) is 3.53. The van der Waals surface area contributed by atoms with E-state index in [0.29, 0.717) is 30.7 Å². The Morgan fingerprint density at radius 1 is 1.13 bits per heavy atom. The van der Waals surface area contributed by atoms with Gasteiger partial charge >= 0.3 is 5.97 Å². The van der Waals surface area contributed by atoms with Gasteiger partial charge in [0, 0.05) is 29.8 Å². The zero-order valence-corrected chi connectivity index (χ0v) is 22.6. The fraction of sp³-hybridized carbons (Fsp3) is 0.519. The minimum absolute atomic E-state index is 0.0374. The normalized spacial score (nSPS) is 16.4. The number of amides is 3. The molecule has 0 aliphatic carbocycles. The number of hydrogen-bond acceptors (Lipinski definition) is 8. The molecule has 39 heavy (non-hydrogen) atoms. The van der Waals surface area contributed by atoms with Crippen LogP contribution in [0.4, 0.5) is 0 Å². The van der Waals surface area contributed by atoms with Crippen LogP contribution in [0.25, 0.3) is 10.9 Å². The average molecular weight is 545 g/mol. The molecule has 0 saturated carbocycles. The van der Waals surface area contributed by atoms with Crippen molar-refractivity contribution in [2.24, 2.45) is 11.8 Å². The number of carbonyl (C=O) groups is 5. The Labute approximate surface area is 226 Å². The second-order valence-electron chi connectivity index (χ2n) is 9.87. The molecule has 1 saturated heterocycles. The van der Waals surface area contributed by atoms with Crippen LogP contribution >= 0.6 is 0 Å². The standard InChI is InChI=1S/C27H36N4O8/c1-5-24(33)39-38-14-22(32)19(12-16-9-10-28-25(16)34)30-26(35)20(11-15(2)3)31-27(36)21-13-17-18(29-21)7-6-8-23(17)37-4/h6-8,13,15-16,19-20,29H,5,9-12,14H2,1-4H3,(H,28,34)(H,30,35)(H,31,36)/t16-,19?,20?/m0/s1. The molecule has 12 nitrogen and oxygen atoms in total. The molecule has 0 bridgehead atoms. The zero-order valence-electron chi connectivity index (χ0n) is 22.6. The summed E-state index contributed by atoms with van der Waals surface area (Å²) < 4.78 is 5.35. The highest BCUT2D eigenvalue weighted by molar-refractivity contribution is 6.02. The summed E-state index contributed by atoms with van der Waals surface area (Å²) in [5.74, 6) is -2.33. The van der Waals surface area contributed by atoms with Crippen LogP contribution in [0.1, 0.15) is 56.9 Å². The first kappa shape index (κ1) is 29.6. The van der Waals surface area contributed by atoms with Gasteiger partial charge < -0.3 is 25.7 Å². The van der Waals surface area contributed by atoms with E-state index in [9.17, 15) is 24.0 Å². The molecule has 2 unspecified atom stereocenters. The molecular weight excluding hydrogens is 508 g/mol. The Morgan fingerprint density at radius 2 is 1.90 bits per heavy atom. The summed E-state index contributed by atoms with van der Waals surface area (Å²) in [5, 5.41) is 8.88. The molecule has 0 spiro atoms. The molecular formula is C27H36N4O8. The van der Waals surface area contributed by atoms with Gasteiger partial charge in [-0.1, -0.05) is 26.8 Å². The fourth-order valence-electron chi connectivity index (χ4n) is 4.38. The summed E-state index contributed by atoms with van der Waals surface area (Å²) >= 11 is 0. The molecule has 12 heteroatoms. The van der Waals surface area contributed by atoms with Gasteiger partial charge in [0.2, 0.25) is 11.8 Å². The maximum absolute atomic E-state index is 13.4. The lowest BCUT2D eigenvalue weighted by molar-refractivity contribution is -0.268. The van der Waals surface area contributed by atoms with E-state index in [1.807, 2.05) is 19.9 Å². The van der Waals surface area contributed by atoms with Gasteiger partial charge in [-0.15, -0.1) is 0 Å². The lowest BCUT2D eigenvalue weighted by atomic mass is 9.95. The highest BCUT2D eigenvalue weighted by atomic mass is 17.2. The van der Waals surface area contributed by atoms with Crippen LogP contribution in [-0.2, 0) is 29.0 Å². The predicted octanol–water partition coefficient (Wildman–Crippen LogP) is 1.79. The van der Waals surface area contributed by atoms with E-state index in [2.05, 4.69) is 25.8 Å². The van der Waals surface area contributed by atoms with Crippen LogP contribution in [0.2, 0.25) is 0 Å². The maximum atomic E-state index is 13.4. The Bertz CT molecular complexity index is 1210. The van der Waals surface area contributed by atoms with E-state index in [1.54, 1.807) is 25.1 Å². The van der Waals surface area contributed by atoms with Gasteiger partial charge in [0.1, 0.15) is 17.5 Å². The van der Waals surface area contributed by atoms with Gasteiger partial charge in [-0.05, 0) is 43.4 Å². The van der Waals surface area contributed by atoms with Crippen LogP contribution in [0.3, 0.4) is 0 Å². The number of hydrogen-bond donors (Lipinski definition) is 4. The van der Waals surface area contributed by atoms with Crippen molar-refractivity contribution in [2.45, 2.75) is 58.5 Å². The number of ketones is 1. The molecule has 212 valence electrons. The van der Waals surface area contributed by atoms with Crippen LogP contribution in [0.5, 0.6) is 5.75 Å². The van der Waals surface area contributed by atoms with Gasteiger partial charge in [-0.25, -0.2) is 4.79 Å². The van der Waals surface area contributed by atoms with Gasteiger partial charge in [0.15, 0.2) is 12.4 Å². The number of Topliss-reactive ketones (excluding diaryl/α,β-unsaturated/α-hetero) is 1. The van der Waals surface area contributed by atoms with Crippen molar-refractivity contribution in [3.05, 3.63) is 30.0 Å². The molecule has 1 aliphatic heterocycles. The third-order valence-electron chi connectivity index (χ3n) is 6.45. The number of fused-ring (bicyclic) bond motifs is 1. The quantitative estimate of drug-likeness (QED) is 0.206. The first-order chi connectivity index (χ1) is 18.6. The molecule has 1 aliphatic rings. The van der Waals surface area contributed by atoms with Crippen LogP contribution in [0.15, 0.2) is 24.3 Å². The first-order valence-corrected chi connectivity index (χ1v) is 13.0. The van der Waals surface area contributed by atoms with E-state index in [0.717, 1.165) is 5.39 Å². The smallest absolute Gasteiger partial charge is 0.342 e. The summed E-state index contributed by atoms with van der Waals surface area (Å²) in [6.07, 6.45) is 0.929. The summed E-state index contributed by atoms with van der Waals surface area (Å²) in [7, 11) is 1.54. The number of aromatic amines is 1. The molecule has 0 radical (unpaired) electrons. The van der Waals surface area contributed by atoms with Crippen molar-refractivity contribution in [1.82, 2.24) is 20.9 Å². The van der Waals surface area contributed by atoms with Crippen molar-refractivity contribution in [2.75, 3.05) is 20.3 Å². The van der Waals surface area contributed by atoms with Crippen molar-refractivity contribution >= 4 is 40.4 Å². The minimum Gasteiger partial charge on any atom is -0.496 e. The molecule has 2 heterocycles. The number of rotatable bonds is 14. The van der Waals surface area contributed by atoms with Crippen molar-refractivity contribution in [3.63, 3.8) is 0 Å². The number of methoxy groups -OCH3 is 1. The SMILES string of the molecule is CCC(=O)OOCC(=O)C(C[C@@H]1CCNC1=O)NC(=O)C(CC(C)C)NC(=O)c1cc2c(OC)cccc2[nH]1. The lowest BCUT2D eigenvalue weighted by Gasteiger charge is -2.24. The maximum Gasteiger partial charge on any atom is 0.342 e. The second kappa shape index (κ2) is 13.7. The van der Waals surface area contributed by atoms with E-state index >= 15 is 0 Å². The molecule has 1 fully saturated rings. The van der Waals surface area contributed by atoms with E-state index in [-0.39, 0.29) is 30.4 Å². The third-order valence-corrected chi connectivity index (χ3v) is 6.45. The van der Waals surface area contributed by atoms with Crippen LogP contribution < -0.4 is 20.7 Å². The topological polar surface area (TPSA) is 165 Å². The lowest BCUT2D eigenvalue weighted by Crippen LogP contribution is -2.53. The van der Waals surface area contributed by atoms with Gasteiger partial charge in [0.25, 0.3) is 5.91 Å². The molecule has 3 atom stereocenters. The number of aromatic nitrogens is 1. The van der Waals surface area contributed by atoms with Crippen LogP contribution in [0, 0.1) is 11.8 Å². The second-order valence-corrected chi connectivity index (χ2v) is 9.87. The molecule has 2 aromatic rings. The number of carbonyl (C=O) groups excluding carboxylic acids is 5. The number of benzene rings is 1. The molecule has 1 aromatic carbocycles. The summed E-state index contributed by atoms with van der Waals surface area (Å²) in [5.41, 5.74) is 0.950. The summed E-state index contributed by atoms with van der Waals surface area (Å²) in [4.78, 5) is 75.3. The Hall–Kier alpha value is -3.93. The summed E-state index contributed by atoms with van der Waals surface area (Å²) in [6, 6.07) is 4.98. The number of ether oxygens (including phenoxy) is 1. The van der Waals surface area contributed by atoms with Gasteiger partial charge in [-0.3, -0.25) is 24.1 Å². The van der Waals surface area contributed by atoms with Crippen LogP contribution in [-0.4, -0.2) is 66.8 Å². The number of nitrogens with one attached hydrogen (secondary N) is 4. The number of H-pyrrole nitrogens is 1. The first-order valence-electron chi connectivity index (χ1n) is 13.0. The van der Waals surface area contributed by atoms with Crippen molar-refractivity contribution in [3.8, 4) is 5.75 Å². The molecule has 4 N–H and O–H groups in total. The summed E-state index contributed by atoms with van der Waals surface area (Å²) in [6.45, 7) is 5.27. The van der Waals surface area contributed by atoms with Crippen molar-refractivity contribution in [1.29, 1.82) is 0 Å². The fourth-order valence-corrected chi connectivity index (χ4v) is 4.38. The van der Waals surface area contributed by atoms with Crippen molar-refractivity contribution < 1.29 is 38.5 Å². The van der Waals surface area contributed by atoms with Gasteiger partial charge in [0.05, 0.1) is 13.2 Å². The van der Waals surface area contributed by atoms with Gasteiger partial charge in [-0.2, -0.15) is 4.89 Å². The highest BCUT2D eigenvalue weighted by Gasteiger charge is 2.33. The Kier molecular flexibility index (Phi) is 10.4. The highest BCUT2D eigenvalue weighted by Crippen LogP contribution is 2.26. The van der Waals surface area contributed by atoms with E-state index in [4.69, 9.17) is 9.62 Å². The predicted molar refractivity (Wildman–Crippen MR) is 141 cm³/mol. The largest absolute Gasteiger partial charge is 0.496 e. The molecule has 3 rings (SSSR count). The Balaban J connectivity index is 1.74.